The molecule has 0 radical (unpaired) electrons. The number of primary sulfonamides is 1. The molecule has 10 nitrogen and oxygen atoms in total. The highest BCUT2D eigenvalue weighted by Gasteiger charge is 2.35. The Morgan fingerprint density at radius 3 is 2.39 bits per heavy atom. The van der Waals surface area contributed by atoms with Gasteiger partial charge in [0.05, 0.1) is 16.0 Å². The van der Waals surface area contributed by atoms with Gasteiger partial charge in [-0.05, 0) is 42.3 Å². The number of anilines is 1. The van der Waals surface area contributed by atoms with E-state index in [9.17, 15) is 22.8 Å². The van der Waals surface area contributed by atoms with Crippen molar-refractivity contribution < 1.29 is 27.5 Å². The van der Waals surface area contributed by atoms with E-state index in [-0.39, 0.29) is 29.5 Å². The summed E-state index contributed by atoms with van der Waals surface area (Å²) < 4.78 is 27.5. The summed E-state index contributed by atoms with van der Waals surface area (Å²) in [5.41, 5.74) is 1.56. The quantitative estimate of drug-likeness (QED) is 0.411. The Balaban J connectivity index is 1.60. The lowest BCUT2D eigenvalue weighted by Gasteiger charge is -2.12. The fraction of sp³-hybridized carbons (Fsp3) is 0.250. The highest BCUT2D eigenvalue weighted by Crippen LogP contribution is 2.26. The molecule has 1 aliphatic rings. The first-order valence-electron chi connectivity index (χ1n) is 9.36. The number of nitrogens with two attached hydrogens (primary N) is 1. The Labute approximate surface area is 179 Å². The van der Waals surface area contributed by atoms with E-state index in [4.69, 9.17) is 9.88 Å². The van der Waals surface area contributed by atoms with Crippen molar-refractivity contribution in [1.82, 2.24) is 10.2 Å². The molecule has 0 spiro atoms. The van der Waals surface area contributed by atoms with E-state index in [0.29, 0.717) is 29.8 Å². The Kier molecular flexibility index (Phi) is 6.68. The summed E-state index contributed by atoms with van der Waals surface area (Å²) in [6.45, 7) is 0.838. The van der Waals surface area contributed by atoms with Crippen LogP contribution in [0.15, 0.2) is 47.4 Å². The van der Waals surface area contributed by atoms with Gasteiger partial charge in [-0.1, -0.05) is 12.1 Å². The van der Waals surface area contributed by atoms with Crippen LogP contribution in [0, 0.1) is 0 Å². The third-order valence-corrected chi connectivity index (χ3v) is 5.59. The van der Waals surface area contributed by atoms with Crippen molar-refractivity contribution in [3.8, 4) is 0 Å². The summed E-state index contributed by atoms with van der Waals surface area (Å²) in [5.74, 6) is -0.773. The number of nitrogens with one attached hydrogen (secondary N) is 2. The van der Waals surface area contributed by atoms with E-state index in [1.807, 2.05) is 0 Å². The monoisotopic (exact) mass is 446 g/mol. The second-order valence-corrected chi connectivity index (χ2v) is 8.43. The molecule has 4 N–H and O–H groups in total. The topological polar surface area (TPSA) is 148 Å². The van der Waals surface area contributed by atoms with Crippen LogP contribution in [0.25, 0.3) is 0 Å². The molecule has 1 heterocycles. The van der Waals surface area contributed by atoms with Crippen molar-refractivity contribution in [2.75, 3.05) is 25.6 Å². The predicted molar refractivity (Wildman–Crippen MR) is 112 cm³/mol. The van der Waals surface area contributed by atoms with Crippen LogP contribution in [0.2, 0.25) is 0 Å². The van der Waals surface area contributed by atoms with Crippen molar-refractivity contribution in [3.63, 3.8) is 0 Å². The van der Waals surface area contributed by atoms with Gasteiger partial charge in [0.25, 0.3) is 11.8 Å². The Bertz CT molecular complexity index is 1110. The Morgan fingerprint density at radius 2 is 1.74 bits per heavy atom. The van der Waals surface area contributed by atoms with Crippen LogP contribution < -0.4 is 15.8 Å². The van der Waals surface area contributed by atoms with Crippen molar-refractivity contribution in [3.05, 3.63) is 59.2 Å². The number of carbonyl (C=O) groups is 3. The van der Waals surface area contributed by atoms with Crippen molar-refractivity contribution >= 4 is 33.6 Å². The summed E-state index contributed by atoms with van der Waals surface area (Å²) >= 11 is 0. The number of ether oxygens (including phenoxy) is 1. The summed E-state index contributed by atoms with van der Waals surface area (Å²) in [6.07, 6.45) is 0.535. The second kappa shape index (κ2) is 9.25. The molecule has 3 rings (SSSR count). The molecule has 31 heavy (non-hydrogen) atoms. The molecule has 4 amide bonds. The molecule has 11 heteroatoms. The third-order valence-electron chi connectivity index (χ3n) is 4.66. The number of rotatable bonds is 8. The molecule has 0 aromatic heterocycles. The van der Waals surface area contributed by atoms with Crippen LogP contribution >= 0.6 is 0 Å². The minimum Gasteiger partial charge on any atom is -0.385 e. The number of sulfonamides is 1. The minimum atomic E-state index is -3.78. The minimum absolute atomic E-state index is 0.0191. The number of urea groups is 1. The summed E-state index contributed by atoms with van der Waals surface area (Å²) in [5, 5.41) is 10.3. The first-order valence-corrected chi connectivity index (χ1v) is 10.9. The first kappa shape index (κ1) is 22.4. The molecule has 2 aromatic carbocycles. The zero-order valence-electron chi connectivity index (χ0n) is 16.8. The molecule has 0 atom stereocenters. The van der Waals surface area contributed by atoms with E-state index < -0.39 is 22.0 Å². The number of nitrogens with zero attached hydrogens (tertiary/aromatic N) is 1. The van der Waals surface area contributed by atoms with Crippen LogP contribution in [0.4, 0.5) is 10.5 Å². The first-order chi connectivity index (χ1) is 14.7. The van der Waals surface area contributed by atoms with Gasteiger partial charge in [0, 0.05) is 32.5 Å². The summed E-state index contributed by atoms with van der Waals surface area (Å²) in [4.78, 5) is 38.3. The van der Waals surface area contributed by atoms with Crippen molar-refractivity contribution in [2.24, 2.45) is 5.14 Å². The molecule has 0 saturated heterocycles. The maximum absolute atomic E-state index is 12.5. The Hall–Kier alpha value is -3.28. The maximum atomic E-state index is 12.5. The van der Waals surface area contributed by atoms with Crippen LogP contribution in [-0.2, 0) is 21.3 Å². The highest BCUT2D eigenvalue weighted by molar-refractivity contribution is 7.89. The van der Waals surface area contributed by atoms with Gasteiger partial charge in [-0.25, -0.2) is 18.4 Å². The summed E-state index contributed by atoms with van der Waals surface area (Å²) in [7, 11) is -2.23. The van der Waals surface area contributed by atoms with E-state index in [0.717, 1.165) is 0 Å². The lowest BCUT2D eigenvalue weighted by molar-refractivity contribution is 0.0638. The molecular formula is C20H22N4O6S. The zero-order valence-corrected chi connectivity index (χ0v) is 17.6. The Morgan fingerprint density at radius 1 is 1.06 bits per heavy atom. The molecule has 0 bridgehead atoms. The standard InChI is InChI=1S/C20H22N4O6S/c1-30-10-2-9-24-18(25)16-8-5-14(11-17(16)19(24)26)23-20(27)22-12-13-3-6-15(7-4-13)31(21,28)29/h3-8,11H,2,9-10,12H2,1H3,(H2,21,28,29)(H2,22,23,27). The number of fused-ring (bicyclic) bond motifs is 1. The fourth-order valence-corrected chi connectivity index (χ4v) is 3.61. The number of hydrogen-bond acceptors (Lipinski definition) is 6. The fourth-order valence-electron chi connectivity index (χ4n) is 3.09. The van der Waals surface area contributed by atoms with Crippen LogP contribution in [0.3, 0.4) is 0 Å². The number of benzene rings is 2. The van der Waals surface area contributed by atoms with Crippen molar-refractivity contribution in [2.45, 2.75) is 17.9 Å². The van der Waals surface area contributed by atoms with E-state index in [2.05, 4.69) is 10.6 Å². The van der Waals surface area contributed by atoms with Gasteiger partial charge in [-0.15, -0.1) is 0 Å². The zero-order chi connectivity index (χ0) is 22.6. The second-order valence-electron chi connectivity index (χ2n) is 6.87. The van der Waals surface area contributed by atoms with Gasteiger partial charge in [-0.3, -0.25) is 14.5 Å². The SMILES string of the molecule is COCCCN1C(=O)c2ccc(NC(=O)NCc3ccc(S(N)(=O)=O)cc3)cc2C1=O. The predicted octanol–water partition coefficient (Wildman–Crippen LogP) is 1.29. The normalized spacial score (nSPS) is 13.3. The number of hydrogen-bond donors (Lipinski definition) is 3. The average Bonchev–Trinajstić information content (AvgIpc) is 2.96. The number of amides is 4. The molecule has 0 saturated carbocycles. The summed E-state index contributed by atoms with van der Waals surface area (Å²) in [6, 6.07) is 9.78. The van der Waals surface area contributed by atoms with Gasteiger partial charge >= 0.3 is 6.03 Å². The van der Waals surface area contributed by atoms with E-state index in [1.165, 1.54) is 41.3 Å². The van der Waals surface area contributed by atoms with Crippen LogP contribution in [-0.4, -0.2) is 51.4 Å². The molecular weight excluding hydrogens is 424 g/mol. The molecule has 164 valence electrons. The third kappa shape index (κ3) is 5.26. The van der Waals surface area contributed by atoms with Crippen LogP contribution in [0.5, 0.6) is 0 Å². The van der Waals surface area contributed by atoms with Gasteiger partial charge in [0.2, 0.25) is 10.0 Å². The van der Waals surface area contributed by atoms with Gasteiger partial charge in [0.15, 0.2) is 0 Å². The maximum Gasteiger partial charge on any atom is 0.319 e. The number of carbonyl (C=O) groups excluding carboxylic acids is 3. The highest BCUT2D eigenvalue weighted by atomic mass is 32.2. The van der Waals surface area contributed by atoms with Gasteiger partial charge in [-0.2, -0.15) is 0 Å². The van der Waals surface area contributed by atoms with Crippen molar-refractivity contribution in [1.29, 1.82) is 0 Å². The molecule has 2 aromatic rings. The smallest absolute Gasteiger partial charge is 0.319 e. The van der Waals surface area contributed by atoms with E-state index >= 15 is 0 Å². The van der Waals surface area contributed by atoms with Gasteiger partial charge in [0.1, 0.15) is 0 Å². The van der Waals surface area contributed by atoms with Crippen LogP contribution in [0.1, 0.15) is 32.7 Å². The largest absolute Gasteiger partial charge is 0.385 e. The molecule has 0 aliphatic carbocycles. The van der Waals surface area contributed by atoms with E-state index in [1.54, 1.807) is 13.2 Å². The number of imide groups is 1. The molecule has 0 fully saturated rings. The lowest BCUT2D eigenvalue weighted by Crippen LogP contribution is -2.31. The average molecular weight is 446 g/mol. The molecule has 1 aliphatic heterocycles. The number of methoxy groups -OCH3 is 1. The molecule has 0 unspecified atom stereocenters. The van der Waals surface area contributed by atoms with Gasteiger partial charge < -0.3 is 15.4 Å². The lowest BCUT2D eigenvalue weighted by atomic mass is 10.1.